The second-order valence-corrected chi connectivity index (χ2v) is 0.548. The van der Waals surface area contributed by atoms with Crippen molar-refractivity contribution in [2.75, 3.05) is 5.88 Å². The molecule has 0 spiro atoms. The zero-order chi connectivity index (χ0) is 4.71. The Kier molecular flexibility index (Phi) is 52.3. The van der Waals surface area contributed by atoms with Gasteiger partial charge in [0.15, 0.2) is 0 Å². The molecule has 0 aromatic heterocycles. The average molecular weight is 95.2 g/mol. The Hall–Kier alpha value is 0.230. The second kappa shape index (κ2) is 29.2. The maximum Gasteiger partial charge on any atom is 0.0362 e. The maximum atomic E-state index is 4.71. The Morgan fingerprint density at radius 1 is 1.40 bits per heavy atom. The lowest BCUT2D eigenvalue weighted by atomic mass is 11.6. The number of thiol groups is 1. The quantitative estimate of drug-likeness (QED) is 0.130. The van der Waals surface area contributed by atoms with Crippen molar-refractivity contribution in [3.8, 4) is 0 Å². The highest BCUT2D eigenvalue weighted by molar-refractivity contribution is 7.80. The lowest BCUT2D eigenvalue weighted by Gasteiger charge is -1.53. The molecule has 0 amide bonds. The molecule has 0 aliphatic heterocycles. The van der Waals surface area contributed by atoms with Gasteiger partial charge in [-0.3, -0.25) is 11.7 Å². The lowest BCUT2D eigenvalue weighted by molar-refractivity contribution is 1.26. The Bertz CT molecular complexity index is 6.85. The zero-order valence-electron chi connectivity index (χ0n) is 2.89. The fourth-order valence-corrected chi connectivity index (χ4v) is 0. The van der Waals surface area contributed by atoms with Crippen LogP contribution >= 0.6 is 12.6 Å². The number of hydrazine groups is 1. The van der Waals surface area contributed by atoms with Gasteiger partial charge in [-0.15, -0.1) is 0 Å². The molecule has 0 rings (SSSR count). The summed E-state index contributed by atoms with van der Waals surface area (Å²) in [4.78, 5) is 0. The number of nitrogens with two attached hydrogens (primary N) is 3. The molecule has 4 heteroatoms. The molecule has 3 nitrogen and oxygen atoms in total. The minimum Gasteiger partial charge on any atom is -0.322 e. The predicted octanol–water partition coefficient (Wildman–Crippen LogP) is -1.35. The van der Waals surface area contributed by atoms with Crippen LogP contribution in [0.3, 0.4) is 0 Å². The van der Waals surface area contributed by atoms with Crippen molar-refractivity contribution in [2.24, 2.45) is 17.4 Å². The van der Waals surface area contributed by atoms with Gasteiger partial charge in [-0.25, -0.2) is 0 Å². The van der Waals surface area contributed by atoms with E-state index in [1.54, 1.807) is 0 Å². The highest BCUT2D eigenvalue weighted by Crippen LogP contribution is 1.45. The molecule has 0 aromatic carbocycles. The molecule has 0 saturated carbocycles. The summed E-state index contributed by atoms with van der Waals surface area (Å²) >= 11 is 3.57. The van der Waals surface area contributed by atoms with Gasteiger partial charge in [0, 0.05) is 5.88 Å². The van der Waals surface area contributed by atoms with E-state index in [1.807, 2.05) is 0 Å². The highest BCUT2D eigenvalue weighted by atomic mass is 32.1. The van der Waals surface area contributed by atoms with Crippen molar-refractivity contribution in [1.29, 1.82) is 0 Å². The number of rotatable bonds is 0. The van der Waals surface area contributed by atoms with Crippen molar-refractivity contribution >= 4 is 12.6 Å². The third-order valence-electron chi connectivity index (χ3n) is 0. The minimum absolute atomic E-state index is 0.444. The van der Waals surface area contributed by atoms with Crippen LogP contribution in [0.1, 0.15) is 0 Å². The standard InChI is InChI=1S/CH5NS.H4N2/c2-1-3;1-2/h3H,1-2H2;1-2H2. The second-order valence-electron chi connectivity index (χ2n) is 0.183. The van der Waals surface area contributed by atoms with E-state index in [1.165, 1.54) is 0 Å². The summed E-state index contributed by atoms with van der Waals surface area (Å²) in [6, 6.07) is 0. The van der Waals surface area contributed by atoms with Crippen LogP contribution in [0.2, 0.25) is 0 Å². The molecule has 0 aromatic rings. The zero-order valence-corrected chi connectivity index (χ0v) is 3.78. The highest BCUT2D eigenvalue weighted by Gasteiger charge is 1.32. The molecule has 0 bridgehead atoms. The van der Waals surface area contributed by atoms with Crippen LogP contribution < -0.4 is 17.4 Å². The molecule has 34 valence electrons. The number of hydrogen-bond donors (Lipinski definition) is 4. The molecule has 0 aliphatic rings. The molecule has 6 N–H and O–H groups in total. The van der Waals surface area contributed by atoms with Crippen LogP contribution in [-0.2, 0) is 0 Å². The fraction of sp³-hybridized carbons (Fsp3) is 1.00. The Balaban J connectivity index is 0. The first-order valence-corrected chi connectivity index (χ1v) is 1.69. The van der Waals surface area contributed by atoms with Gasteiger partial charge in [0.1, 0.15) is 0 Å². The summed E-state index contributed by atoms with van der Waals surface area (Å²) in [5.41, 5.74) is 4.71. The first-order chi connectivity index (χ1) is 2.41. The van der Waals surface area contributed by atoms with Crippen molar-refractivity contribution < 1.29 is 0 Å². The van der Waals surface area contributed by atoms with Crippen LogP contribution in [0.5, 0.6) is 0 Å². The van der Waals surface area contributed by atoms with Gasteiger partial charge in [-0.05, 0) is 0 Å². The first-order valence-electron chi connectivity index (χ1n) is 1.06. The number of hydrogen-bond acceptors (Lipinski definition) is 4. The Morgan fingerprint density at radius 2 is 1.40 bits per heavy atom. The first kappa shape index (κ1) is 8.97. The summed E-state index contributed by atoms with van der Waals surface area (Å²) in [7, 11) is 0. The fourth-order valence-electron chi connectivity index (χ4n) is 0. The smallest absolute Gasteiger partial charge is 0.0362 e. The summed E-state index contributed by atoms with van der Waals surface area (Å²) in [5, 5.41) is 0. The summed E-state index contributed by atoms with van der Waals surface area (Å²) < 4.78 is 0. The topological polar surface area (TPSA) is 78.1 Å². The molecule has 0 saturated heterocycles. The molecular weight excluding hydrogens is 86.1 g/mol. The van der Waals surface area contributed by atoms with Gasteiger partial charge in [-0.2, -0.15) is 12.6 Å². The van der Waals surface area contributed by atoms with Gasteiger partial charge < -0.3 is 5.73 Å². The molecule has 0 unspecified atom stereocenters. The minimum atomic E-state index is 0.444. The van der Waals surface area contributed by atoms with E-state index in [4.69, 9.17) is 5.73 Å². The van der Waals surface area contributed by atoms with Crippen LogP contribution in [0, 0.1) is 0 Å². The van der Waals surface area contributed by atoms with E-state index in [9.17, 15) is 0 Å². The summed E-state index contributed by atoms with van der Waals surface area (Å²) in [6.07, 6.45) is 0. The Morgan fingerprint density at radius 3 is 1.40 bits per heavy atom. The van der Waals surface area contributed by atoms with Crippen LogP contribution in [-0.4, -0.2) is 5.88 Å². The van der Waals surface area contributed by atoms with E-state index < -0.39 is 0 Å². The molecule has 0 atom stereocenters. The predicted molar refractivity (Wildman–Crippen MR) is 26.4 cm³/mol. The summed E-state index contributed by atoms with van der Waals surface area (Å²) in [6.45, 7) is 0. The third-order valence-corrected chi connectivity index (χ3v) is 0. The molecule has 5 heavy (non-hydrogen) atoms. The normalized spacial score (nSPS) is 4.80. The molecule has 0 fully saturated rings. The van der Waals surface area contributed by atoms with Crippen LogP contribution in [0.4, 0.5) is 0 Å². The largest absolute Gasteiger partial charge is 0.322 e. The van der Waals surface area contributed by atoms with Gasteiger partial charge in [0.2, 0.25) is 0 Å². The third kappa shape index (κ3) is 398. The van der Waals surface area contributed by atoms with Crippen molar-refractivity contribution in [2.45, 2.75) is 0 Å². The Labute approximate surface area is 36.9 Å². The van der Waals surface area contributed by atoms with E-state index in [0.717, 1.165) is 0 Å². The van der Waals surface area contributed by atoms with E-state index in [2.05, 4.69) is 24.3 Å². The van der Waals surface area contributed by atoms with Crippen LogP contribution in [0.15, 0.2) is 0 Å². The van der Waals surface area contributed by atoms with E-state index in [-0.39, 0.29) is 0 Å². The van der Waals surface area contributed by atoms with E-state index >= 15 is 0 Å². The van der Waals surface area contributed by atoms with Crippen molar-refractivity contribution in [3.63, 3.8) is 0 Å². The average Bonchev–Trinajstić information content (AvgIpc) is 1.46. The summed E-state index contributed by atoms with van der Waals surface area (Å²) in [5.74, 6) is 8.44. The van der Waals surface area contributed by atoms with Gasteiger partial charge in [0.25, 0.3) is 0 Å². The molecular formula is CH9N3S. The van der Waals surface area contributed by atoms with Crippen molar-refractivity contribution in [1.82, 2.24) is 0 Å². The van der Waals surface area contributed by atoms with Gasteiger partial charge in [0.05, 0.1) is 0 Å². The molecule has 0 radical (unpaired) electrons. The monoisotopic (exact) mass is 95.1 g/mol. The van der Waals surface area contributed by atoms with E-state index in [0.29, 0.717) is 5.88 Å². The molecule has 0 heterocycles. The van der Waals surface area contributed by atoms with Gasteiger partial charge in [-0.1, -0.05) is 0 Å². The molecule has 0 aliphatic carbocycles. The maximum absolute atomic E-state index is 4.71. The van der Waals surface area contributed by atoms with Gasteiger partial charge >= 0.3 is 0 Å². The lowest BCUT2D eigenvalue weighted by Crippen LogP contribution is -2.02. The van der Waals surface area contributed by atoms with Crippen molar-refractivity contribution in [3.05, 3.63) is 0 Å². The van der Waals surface area contributed by atoms with Crippen LogP contribution in [0.25, 0.3) is 0 Å². The SMILES string of the molecule is NCS.NN.